The van der Waals surface area contributed by atoms with Crippen molar-refractivity contribution < 1.29 is 14.3 Å². The Kier molecular flexibility index (Phi) is 6.34. The molecule has 1 saturated heterocycles. The van der Waals surface area contributed by atoms with Crippen molar-refractivity contribution in [2.75, 3.05) is 0 Å². The van der Waals surface area contributed by atoms with Gasteiger partial charge in [0.15, 0.2) is 0 Å². The van der Waals surface area contributed by atoms with Gasteiger partial charge in [0.1, 0.15) is 0 Å². The molecule has 1 heterocycles. The number of thioether (sulfide) groups is 1. The molecule has 0 N–H and O–H groups in total. The molecule has 4 atom stereocenters. The number of rotatable bonds is 4. The first-order valence-electron chi connectivity index (χ1n) is 9.09. The van der Waals surface area contributed by atoms with Crippen molar-refractivity contribution in [1.29, 1.82) is 0 Å². The fourth-order valence-electron chi connectivity index (χ4n) is 3.10. The topological polar surface area (TPSA) is 35.5 Å². The first-order chi connectivity index (χ1) is 12.8. The van der Waals surface area contributed by atoms with Crippen molar-refractivity contribution in [3.63, 3.8) is 0 Å². The maximum Gasteiger partial charge on any atom is 0.315 e. The fraction of sp³-hybridized carbons (Fsp3) is 0.409. The molecular weight excluding hydrogens is 424 g/mol. The van der Waals surface area contributed by atoms with E-state index in [2.05, 4.69) is 34.1 Å². The minimum atomic E-state index is -0.527. The fourth-order valence-corrected chi connectivity index (χ4v) is 5.05. The Balaban J connectivity index is 1.94. The van der Waals surface area contributed by atoms with Crippen molar-refractivity contribution in [3.8, 4) is 0 Å². The lowest BCUT2D eigenvalue weighted by atomic mass is 9.90. The van der Waals surface area contributed by atoms with E-state index in [-0.39, 0.29) is 28.7 Å². The van der Waals surface area contributed by atoms with Gasteiger partial charge >= 0.3 is 5.97 Å². The van der Waals surface area contributed by atoms with Crippen LogP contribution in [0.15, 0.2) is 64.0 Å². The summed E-state index contributed by atoms with van der Waals surface area (Å²) >= 11 is 5.28. The van der Waals surface area contributed by atoms with Crippen molar-refractivity contribution in [2.24, 2.45) is 11.3 Å². The first kappa shape index (κ1) is 20.4. The summed E-state index contributed by atoms with van der Waals surface area (Å²) in [6, 6.07) is 18.2. The third kappa shape index (κ3) is 4.76. The van der Waals surface area contributed by atoms with Gasteiger partial charge in [0.25, 0.3) is 0 Å². The zero-order chi connectivity index (χ0) is 19.6. The predicted molar refractivity (Wildman–Crippen MR) is 113 cm³/mol. The number of cyclic esters (lactones) is 1. The van der Waals surface area contributed by atoms with Gasteiger partial charge in [0.2, 0.25) is 6.29 Å². The first-order valence-corrected chi connectivity index (χ1v) is 10.8. The van der Waals surface area contributed by atoms with E-state index in [1.807, 2.05) is 64.1 Å². The predicted octanol–water partition coefficient (Wildman–Crippen LogP) is 6.23. The average molecular weight is 449 g/mol. The molecule has 0 spiro atoms. The number of hydrogen-bond donors (Lipinski definition) is 0. The van der Waals surface area contributed by atoms with Gasteiger partial charge in [0, 0.05) is 14.8 Å². The van der Waals surface area contributed by atoms with Crippen molar-refractivity contribution in [2.45, 2.75) is 50.2 Å². The van der Waals surface area contributed by atoms with Crippen LogP contribution in [0.1, 0.15) is 38.5 Å². The summed E-state index contributed by atoms with van der Waals surface area (Å²) in [7, 11) is 0. The lowest BCUT2D eigenvalue weighted by Gasteiger charge is -2.41. The molecule has 0 saturated carbocycles. The highest BCUT2D eigenvalue weighted by atomic mass is 79.9. The van der Waals surface area contributed by atoms with E-state index in [1.165, 1.54) is 0 Å². The number of benzene rings is 2. The zero-order valence-electron chi connectivity index (χ0n) is 16.0. The maximum absolute atomic E-state index is 13.0. The monoisotopic (exact) mass is 448 g/mol. The lowest BCUT2D eigenvalue weighted by molar-refractivity contribution is -0.253. The Morgan fingerprint density at radius 2 is 1.67 bits per heavy atom. The highest BCUT2D eigenvalue weighted by Crippen LogP contribution is 2.47. The summed E-state index contributed by atoms with van der Waals surface area (Å²) in [5.74, 6) is -0.579. The molecule has 1 aliphatic rings. The smallest absolute Gasteiger partial charge is 0.315 e. The molecule has 0 bridgehead atoms. The third-order valence-corrected chi connectivity index (χ3v) is 6.97. The van der Waals surface area contributed by atoms with Crippen LogP contribution in [0, 0.1) is 11.3 Å². The number of halogens is 1. The van der Waals surface area contributed by atoms with E-state index < -0.39 is 6.29 Å². The molecule has 0 amide bonds. The summed E-state index contributed by atoms with van der Waals surface area (Å²) in [4.78, 5) is 14.1. The van der Waals surface area contributed by atoms with Crippen LogP contribution in [0.25, 0.3) is 0 Å². The Labute approximate surface area is 174 Å². The summed E-state index contributed by atoms with van der Waals surface area (Å²) in [5, 5.41) is -0.103. The molecular formula is C22H25BrO3S. The molecule has 3 nitrogen and oxygen atoms in total. The number of ether oxygens (including phenoxy) is 2. The van der Waals surface area contributed by atoms with Gasteiger partial charge in [-0.3, -0.25) is 4.79 Å². The van der Waals surface area contributed by atoms with Gasteiger partial charge in [-0.25, -0.2) is 0 Å². The Morgan fingerprint density at radius 1 is 1.04 bits per heavy atom. The van der Waals surface area contributed by atoms with Crippen LogP contribution in [0.3, 0.4) is 0 Å². The molecule has 0 aliphatic carbocycles. The zero-order valence-corrected chi connectivity index (χ0v) is 18.4. The standard InChI is InChI=1S/C22H25BrO3S/c1-14-18(20(24)26-21(25-14)22(2,3)4)19(15-10-6-5-7-11-15)27-17-13-9-8-12-16(17)23/h5-14,18-19,21H,1-4H3/t14-,18+,19-,21-/m1/s1. The van der Waals surface area contributed by atoms with Gasteiger partial charge in [-0.2, -0.15) is 0 Å². The minimum Gasteiger partial charge on any atom is -0.435 e. The maximum atomic E-state index is 13.0. The van der Waals surface area contributed by atoms with Crippen LogP contribution in [0.4, 0.5) is 0 Å². The Hall–Kier alpha value is -1.30. The highest BCUT2D eigenvalue weighted by Gasteiger charge is 2.46. The Morgan fingerprint density at radius 3 is 2.26 bits per heavy atom. The van der Waals surface area contributed by atoms with Crippen LogP contribution in [0.5, 0.6) is 0 Å². The average Bonchev–Trinajstić information content (AvgIpc) is 2.62. The molecule has 27 heavy (non-hydrogen) atoms. The molecule has 2 aromatic rings. The second-order valence-corrected chi connectivity index (χ2v) is 9.92. The lowest BCUT2D eigenvalue weighted by Crippen LogP contribution is -2.48. The normalized spacial score (nSPS) is 24.3. The van der Waals surface area contributed by atoms with E-state index >= 15 is 0 Å². The van der Waals surface area contributed by atoms with Gasteiger partial charge in [0.05, 0.1) is 17.3 Å². The van der Waals surface area contributed by atoms with E-state index in [4.69, 9.17) is 9.47 Å². The van der Waals surface area contributed by atoms with E-state index in [9.17, 15) is 4.79 Å². The molecule has 0 aromatic heterocycles. The summed E-state index contributed by atoms with van der Waals surface area (Å²) in [6.45, 7) is 8.02. The largest absolute Gasteiger partial charge is 0.435 e. The molecule has 2 aromatic carbocycles. The molecule has 0 unspecified atom stereocenters. The quantitative estimate of drug-likeness (QED) is 0.409. The molecule has 0 radical (unpaired) electrons. The van der Waals surface area contributed by atoms with Crippen molar-refractivity contribution in [3.05, 3.63) is 64.6 Å². The van der Waals surface area contributed by atoms with E-state index in [0.29, 0.717) is 0 Å². The SMILES string of the molecule is C[C@H]1O[C@@H](C(C)(C)C)OC(=O)[C@@H]1[C@H](Sc1ccccc1Br)c1ccccc1. The molecule has 144 valence electrons. The van der Waals surface area contributed by atoms with Crippen LogP contribution < -0.4 is 0 Å². The number of carbonyl (C=O) groups excluding carboxylic acids is 1. The van der Waals surface area contributed by atoms with Crippen LogP contribution in [0.2, 0.25) is 0 Å². The van der Waals surface area contributed by atoms with Gasteiger partial charge in [-0.1, -0.05) is 63.2 Å². The van der Waals surface area contributed by atoms with Crippen molar-refractivity contribution >= 4 is 33.7 Å². The number of hydrogen-bond acceptors (Lipinski definition) is 4. The molecule has 1 aliphatic heterocycles. The second kappa shape index (κ2) is 8.38. The molecule has 3 rings (SSSR count). The Bertz CT molecular complexity index is 788. The summed E-state index contributed by atoms with van der Waals surface area (Å²) < 4.78 is 12.9. The summed E-state index contributed by atoms with van der Waals surface area (Å²) in [6.07, 6.45) is -0.767. The minimum absolute atomic E-state index is 0.103. The summed E-state index contributed by atoms with van der Waals surface area (Å²) in [5.41, 5.74) is 0.831. The van der Waals surface area contributed by atoms with E-state index in [0.717, 1.165) is 14.9 Å². The van der Waals surface area contributed by atoms with Gasteiger partial charge in [-0.15, -0.1) is 11.8 Å². The highest BCUT2D eigenvalue weighted by molar-refractivity contribution is 9.10. The van der Waals surface area contributed by atoms with Gasteiger partial charge in [-0.05, 0) is 40.5 Å². The third-order valence-electron chi connectivity index (χ3n) is 4.59. The van der Waals surface area contributed by atoms with Crippen LogP contribution >= 0.6 is 27.7 Å². The molecule has 1 fully saturated rings. The second-order valence-electron chi connectivity index (χ2n) is 7.88. The molecule has 5 heteroatoms. The number of carbonyl (C=O) groups is 1. The van der Waals surface area contributed by atoms with Crippen molar-refractivity contribution in [1.82, 2.24) is 0 Å². The van der Waals surface area contributed by atoms with E-state index in [1.54, 1.807) is 11.8 Å². The number of esters is 1. The van der Waals surface area contributed by atoms with Gasteiger partial charge < -0.3 is 9.47 Å². The van der Waals surface area contributed by atoms with Crippen LogP contribution in [-0.2, 0) is 14.3 Å². The van der Waals surface area contributed by atoms with Crippen LogP contribution in [-0.4, -0.2) is 18.4 Å².